The molecule has 3 nitrogen and oxygen atoms in total. The van der Waals surface area contributed by atoms with Gasteiger partial charge < -0.3 is 15.8 Å². The van der Waals surface area contributed by atoms with Crippen LogP contribution >= 0.6 is 0 Å². The molecule has 0 heterocycles. The largest absolute Gasteiger partial charge is 0.496 e. The third-order valence-corrected chi connectivity index (χ3v) is 3.75. The molecule has 0 amide bonds. The predicted molar refractivity (Wildman–Crippen MR) is 78.5 cm³/mol. The minimum atomic E-state index is 0.161. The molecule has 3 heteroatoms. The molecule has 0 bridgehead atoms. The molecule has 0 saturated heterocycles. The molecule has 100 valence electrons. The van der Waals surface area contributed by atoms with Gasteiger partial charge in [0.25, 0.3) is 0 Å². The van der Waals surface area contributed by atoms with Crippen molar-refractivity contribution in [1.29, 1.82) is 0 Å². The van der Waals surface area contributed by atoms with Crippen molar-refractivity contribution in [3.05, 3.63) is 42.0 Å². The molecule has 2 aromatic rings. The van der Waals surface area contributed by atoms with Crippen LogP contribution < -0.4 is 15.8 Å². The molecular formula is C16H20N2O. The van der Waals surface area contributed by atoms with Crippen LogP contribution in [-0.4, -0.2) is 19.7 Å². The molecule has 1 fully saturated rings. The maximum atomic E-state index is 5.98. The van der Waals surface area contributed by atoms with Gasteiger partial charge in [-0.05, 0) is 29.7 Å². The molecule has 3 N–H and O–H groups in total. The SMILES string of the molecule is COc1ccc2ccccc2c1C(CN)NC1CC1. The molecule has 1 aliphatic carbocycles. The zero-order valence-corrected chi connectivity index (χ0v) is 11.2. The van der Waals surface area contributed by atoms with E-state index < -0.39 is 0 Å². The first-order valence-electron chi connectivity index (χ1n) is 6.85. The minimum absolute atomic E-state index is 0.161. The summed E-state index contributed by atoms with van der Waals surface area (Å²) < 4.78 is 5.54. The molecule has 0 aromatic heterocycles. The zero-order valence-electron chi connectivity index (χ0n) is 11.2. The predicted octanol–water partition coefficient (Wildman–Crippen LogP) is 2.60. The van der Waals surface area contributed by atoms with E-state index in [-0.39, 0.29) is 6.04 Å². The summed E-state index contributed by atoms with van der Waals surface area (Å²) in [5.74, 6) is 0.919. The Balaban J connectivity index is 2.11. The van der Waals surface area contributed by atoms with Crippen molar-refractivity contribution in [3.63, 3.8) is 0 Å². The number of methoxy groups -OCH3 is 1. The Hall–Kier alpha value is -1.58. The van der Waals surface area contributed by atoms with Crippen molar-refractivity contribution in [1.82, 2.24) is 5.32 Å². The van der Waals surface area contributed by atoms with E-state index >= 15 is 0 Å². The van der Waals surface area contributed by atoms with Crippen LogP contribution in [0.5, 0.6) is 5.75 Å². The number of benzene rings is 2. The van der Waals surface area contributed by atoms with Crippen molar-refractivity contribution < 1.29 is 4.74 Å². The summed E-state index contributed by atoms with van der Waals surface area (Å²) in [6.07, 6.45) is 2.51. The van der Waals surface area contributed by atoms with Gasteiger partial charge in [0.15, 0.2) is 0 Å². The van der Waals surface area contributed by atoms with Gasteiger partial charge in [0, 0.05) is 24.2 Å². The fraction of sp³-hybridized carbons (Fsp3) is 0.375. The van der Waals surface area contributed by atoms with Crippen molar-refractivity contribution in [3.8, 4) is 5.75 Å². The first-order chi connectivity index (χ1) is 9.33. The Bertz CT molecular complexity index is 578. The Labute approximate surface area is 113 Å². The van der Waals surface area contributed by atoms with Gasteiger partial charge in [-0.15, -0.1) is 0 Å². The van der Waals surface area contributed by atoms with E-state index in [9.17, 15) is 0 Å². The highest BCUT2D eigenvalue weighted by atomic mass is 16.5. The third-order valence-electron chi connectivity index (χ3n) is 3.75. The average Bonchev–Trinajstić information content (AvgIpc) is 3.27. The van der Waals surface area contributed by atoms with Crippen LogP contribution in [0, 0.1) is 0 Å². The number of fused-ring (bicyclic) bond motifs is 1. The number of rotatable bonds is 5. The molecular weight excluding hydrogens is 236 g/mol. The molecule has 1 saturated carbocycles. The van der Waals surface area contributed by atoms with E-state index in [1.54, 1.807) is 7.11 Å². The lowest BCUT2D eigenvalue weighted by Gasteiger charge is -2.21. The molecule has 0 spiro atoms. The standard InChI is InChI=1S/C16H20N2O/c1-19-15-9-6-11-4-2-3-5-13(11)16(15)14(10-17)18-12-7-8-12/h2-6,9,12,14,18H,7-8,10,17H2,1H3. The second-order valence-corrected chi connectivity index (χ2v) is 5.13. The van der Waals surface area contributed by atoms with Gasteiger partial charge in [0.1, 0.15) is 5.75 Å². The Morgan fingerprint density at radius 2 is 2.05 bits per heavy atom. The summed E-state index contributed by atoms with van der Waals surface area (Å²) in [6.45, 7) is 0.584. The molecule has 0 aliphatic heterocycles. The summed E-state index contributed by atoms with van der Waals surface area (Å²) in [6, 6.07) is 13.3. The number of nitrogens with two attached hydrogens (primary N) is 1. The Morgan fingerprint density at radius 1 is 1.26 bits per heavy atom. The van der Waals surface area contributed by atoms with Crippen molar-refractivity contribution in [2.45, 2.75) is 24.9 Å². The van der Waals surface area contributed by atoms with Crippen LogP contribution in [0.3, 0.4) is 0 Å². The van der Waals surface area contributed by atoms with E-state index in [2.05, 4.69) is 35.6 Å². The van der Waals surface area contributed by atoms with E-state index in [0.29, 0.717) is 12.6 Å². The van der Waals surface area contributed by atoms with Crippen molar-refractivity contribution >= 4 is 10.8 Å². The van der Waals surface area contributed by atoms with Gasteiger partial charge in [-0.1, -0.05) is 30.3 Å². The molecule has 19 heavy (non-hydrogen) atoms. The summed E-state index contributed by atoms with van der Waals surface area (Å²) in [7, 11) is 1.72. The van der Waals surface area contributed by atoms with Crippen LogP contribution in [0.4, 0.5) is 0 Å². The summed E-state index contributed by atoms with van der Waals surface area (Å²) >= 11 is 0. The molecule has 1 aliphatic rings. The van der Waals surface area contributed by atoms with Crippen LogP contribution in [0.2, 0.25) is 0 Å². The maximum Gasteiger partial charge on any atom is 0.124 e. The van der Waals surface area contributed by atoms with Crippen LogP contribution in [0.1, 0.15) is 24.4 Å². The van der Waals surface area contributed by atoms with Crippen LogP contribution in [0.25, 0.3) is 10.8 Å². The quantitative estimate of drug-likeness (QED) is 0.864. The highest BCUT2D eigenvalue weighted by Crippen LogP contribution is 2.34. The van der Waals surface area contributed by atoms with Gasteiger partial charge in [0.05, 0.1) is 7.11 Å². The Morgan fingerprint density at radius 3 is 2.74 bits per heavy atom. The number of hydrogen-bond donors (Lipinski definition) is 2. The first-order valence-corrected chi connectivity index (χ1v) is 6.85. The number of nitrogens with one attached hydrogen (secondary N) is 1. The summed E-state index contributed by atoms with van der Waals surface area (Å²) in [4.78, 5) is 0. The van der Waals surface area contributed by atoms with Gasteiger partial charge in [0.2, 0.25) is 0 Å². The fourth-order valence-corrected chi connectivity index (χ4v) is 2.62. The van der Waals surface area contributed by atoms with E-state index in [1.165, 1.54) is 29.2 Å². The summed E-state index contributed by atoms with van der Waals surface area (Å²) in [5, 5.41) is 6.08. The highest BCUT2D eigenvalue weighted by Gasteiger charge is 2.27. The topological polar surface area (TPSA) is 47.3 Å². The van der Waals surface area contributed by atoms with Crippen LogP contribution in [0.15, 0.2) is 36.4 Å². The van der Waals surface area contributed by atoms with Crippen molar-refractivity contribution in [2.75, 3.05) is 13.7 Å². The second kappa shape index (κ2) is 5.19. The van der Waals surface area contributed by atoms with E-state index in [1.807, 2.05) is 6.07 Å². The van der Waals surface area contributed by atoms with E-state index in [4.69, 9.17) is 10.5 Å². The lowest BCUT2D eigenvalue weighted by atomic mass is 9.97. The normalized spacial score (nSPS) is 16.5. The zero-order chi connectivity index (χ0) is 13.2. The van der Waals surface area contributed by atoms with Crippen LogP contribution in [-0.2, 0) is 0 Å². The first kappa shape index (κ1) is 12.5. The number of hydrogen-bond acceptors (Lipinski definition) is 3. The third kappa shape index (κ3) is 2.44. The van der Waals surface area contributed by atoms with Gasteiger partial charge in [-0.3, -0.25) is 0 Å². The lowest BCUT2D eigenvalue weighted by molar-refractivity contribution is 0.400. The maximum absolute atomic E-state index is 5.98. The van der Waals surface area contributed by atoms with Gasteiger partial charge in [-0.2, -0.15) is 0 Å². The second-order valence-electron chi connectivity index (χ2n) is 5.13. The number of ether oxygens (including phenoxy) is 1. The van der Waals surface area contributed by atoms with E-state index in [0.717, 1.165) is 5.75 Å². The van der Waals surface area contributed by atoms with Gasteiger partial charge in [-0.25, -0.2) is 0 Å². The molecule has 2 aromatic carbocycles. The molecule has 3 rings (SSSR count). The average molecular weight is 256 g/mol. The Kier molecular flexibility index (Phi) is 3.40. The molecule has 0 radical (unpaired) electrons. The lowest BCUT2D eigenvalue weighted by Crippen LogP contribution is -2.30. The summed E-state index contributed by atoms with van der Waals surface area (Å²) in [5.41, 5.74) is 7.17. The minimum Gasteiger partial charge on any atom is -0.496 e. The highest BCUT2D eigenvalue weighted by molar-refractivity contribution is 5.88. The fourth-order valence-electron chi connectivity index (χ4n) is 2.62. The van der Waals surface area contributed by atoms with Crippen molar-refractivity contribution in [2.24, 2.45) is 5.73 Å². The molecule has 1 unspecified atom stereocenters. The monoisotopic (exact) mass is 256 g/mol. The molecule has 1 atom stereocenters. The van der Waals surface area contributed by atoms with Gasteiger partial charge >= 0.3 is 0 Å². The smallest absolute Gasteiger partial charge is 0.124 e.